The van der Waals surface area contributed by atoms with Crippen LogP contribution in [0.1, 0.15) is 16.8 Å². The van der Waals surface area contributed by atoms with Gasteiger partial charge in [-0.2, -0.15) is 4.98 Å². The van der Waals surface area contributed by atoms with Crippen LogP contribution in [0, 0.1) is 0 Å². The Morgan fingerprint density at radius 3 is 2.11 bits per heavy atom. The van der Waals surface area contributed by atoms with Gasteiger partial charge in [0.25, 0.3) is 0 Å². The number of piperazine rings is 1. The molecule has 1 saturated heterocycles. The number of amides is 1. The van der Waals surface area contributed by atoms with E-state index < -0.39 is 0 Å². The fourth-order valence-electron chi connectivity index (χ4n) is 4.60. The van der Waals surface area contributed by atoms with E-state index >= 15 is 0 Å². The largest absolute Gasteiger partial charge is 0.497 e. The molecule has 0 aliphatic carbocycles. The zero-order valence-corrected chi connectivity index (χ0v) is 21.6. The Morgan fingerprint density at radius 2 is 1.46 bits per heavy atom. The fourth-order valence-corrected chi connectivity index (χ4v) is 4.60. The molecule has 1 fully saturated rings. The first-order valence-electron chi connectivity index (χ1n) is 12.6. The Bertz CT molecular complexity index is 1220. The predicted molar refractivity (Wildman–Crippen MR) is 141 cm³/mol. The van der Waals surface area contributed by atoms with Gasteiger partial charge >= 0.3 is 0 Å². The summed E-state index contributed by atoms with van der Waals surface area (Å²) in [5.41, 5.74) is 2.76. The molecule has 0 bridgehead atoms. The van der Waals surface area contributed by atoms with Crippen molar-refractivity contribution in [1.82, 2.24) is 19.8 Å². The van der Waals surface area contributed by atoms with E-state index in [4.69, 9.17) is 24.2 Å². The number of benzene rings is 2. The molecule has 0 radical (unpaired) electrons. The summed E-state index contributed by atoms with van der Waals surface area (Å²) in [5, 5.41) is 0. The number of carbonyl (C=O) groups is 1. The van der Waals surface area contributed by atoms with Crippen molar-refractivity contribution in [2.75, 3.05) is 58.9 Å². The summed E-state index contributed by atoms with van der Waals surface area (Å²) in [5.74, 6) is 3.45. The molecule has 0 spiro atoms. The van der Waals surface area contributed by atoms with E-state index in [1.165, 1.54) is 0 Å². The lowest BCUT2D eigenvalue weighted by molar-refractivity contribution is -0.131. The van der Waals surface area contributed by atoms with Crippen LogP contribution in [0.2, 0.25) is 0 Å². The summed E-state index contributed by atoms with van der Waals surface area (Å²) in [6.45, 7) is 4.68. The van der Waals surface area contributed by atoms with E-state index in [0.717, 1.165) is 54.5 Å². The van der Waals surface area contributed by atoms with Gasteiger partial charge in [-0.25, -0.2) is 4.98 Å². The molecule has 2 aliphatic rings. The van der Waals surface area contributed by atoms with Gasteiger partial charge in [-0.1, -0.05) is 12.1 Å². The molecule has 0 saturated carbocycles. The number of nitrogens with zero attached hydrogens (tertiary/aromatic N) is 5. The Balaban J connectivity index is 1.39. The quantitative estimate of drug-likeness (QED) is 0.487. The molecule has 5 rings (SSSR count). The maximum absolute atomic E-state index is 13.2. The van der Waals surface area contributed by atoms with Crippen LogP contribution in [0.4, 0.5) is 5.95 Å². The van der Waals surface area contributed by atoms with E-state index in [2.05, 4.69) is 16.8 Å². The molecular weight excluding hydrogens is 470 g/mol. The predicted octanol–water partition coefficient (Wildman–Crippen LogP) is 3.17. The highest BCUT2D eigenvalue weighted by molar-refractivity contribution is 5.79. The molecule has 0 atom stereocenters. The Morgan fingerprint density at radius 1 is 0.838 bits per heavy atom. The van der Waals surface area contributed by atoms with Gasteiger partial charge in [0.15, 0.2) is 0 Å². The molecule has 9 heteroatoms. The highest BCUT2D eigenvalue weighted by Crippen LogP contribution is 2.32. The molecule has 1 amide bonds. The normalized spacial score (nSPS) is 15.8. The number of hydrogen-bond donors (Lipinski definition) is 0. The lowest BCUT2D eigenvalue weighted by Gasteiger charge is -2.34. The maximum Gasteiger partial charge on any atom is 0.229 e. The average Bonchev–Trinajstić information content (AvgIpc) is 2.94. The lowest BCUT2D eigenvalue weighted by Crippen LogP contribution is -2.45. The van der Waals surface area contributed by atoms with Crippen LogP contribution in [0.25, 0.3) is 0 Å². The van der Waals surface area contributed by atoms with Crippen LogP contribution in [-0.2, 0) is 24.2 Å². The third-order valence-electron chi connectivity index (χ3n) is 6.94. The summed E-state index contributed by atoms with van der Waals surface area (Å²) in [7, 11) is 5.39. The molecule has 3 heterocycles. The Labute approximate surface area is 217 Å². The number of rotatable bonds is 7. The lowest BCUT2D eigenvalue weighted by atomic mass is 10.0. The van der Waals surface area contributed by atoms with Crippen molar-refractivity contribution in [2.45, 2.75) is 19.4 Å². The summed E-state index contributed by atoms with van der Waals surface area (Å²) in [4.78, 5) is 29.4. The first-order valence-corrected chi connectivity index (χ1v) is 12.6. The van der Waals surface area contributed by atoms with Gasteiger partial charge in [-0.15, -0.1) is 0 Å². The van der Waals surface area contributed by atoms with Gasteiger partial charge in [0, 0.05) is 39.1 Å². The number of aromatic nitrogens is 2. The molecule has 0 N–H and O–H groups in total. The number of fused-ring (bicyclic) bond motifs is 1. The van der Waals surface area contributed by atoms with Crippen molar-refractivity contribution >= 4 is 11.9 Å². The number of likely N-dealkylation sites (N-methyl/N-ethyl adjacent to an activating group) is 1. The van der Waals surface area contributed by atoms with Gasteiger partial charge in [-0.3, -0.25) is 4.79 Å². The van der Waals surface area contributed by atoms with Gasteiger partial charge in [0.05, 0.1) is 38.4 Å². The van der Waals surface area contributed by atoms with Gasteiger partial charge in [-0.05, 0) is 49.0 Å². The number of methoxy groups -OCH3 is 2. The van der Waals surface area contributed by atoms with E-state index in [-0.39, 0.29) is 5.91 Å². The standard InChI is InChI=1S/C28H33N5O4/c1-31-14-16-32(17-15-31)28-29-25-12-13-33(26(34)18-20-4-6-21(35-2)7-5-20)19-24(25)27(30-28)37-23-10-8-22(36-3)9-11-23/h4-11H,12-19H2,1-3H3. The molecule has 3 aromatic rings. The minimum atomic E-state index is 0.0642. The van der Waals surface area contributed by atoms with Crippen molar-refractivity contribution in [2.24, 2.45) is 0 Å². The number of carbonyl (C=O) groups excluding carboxylic acids is 1. The maximum atomic E-state index is 13.2. The van der Waals surface area contributed by atoms with Crippen molar-refractivity contribution < 1.29 is 19.0 Å². The molecule has 37 heavy (non-hydrogen) atoms. The summed E-state index contributed by atoms with van der Waals surface area (Å²) in [6.07, 6.45) is 0.986. The zero-order valence-electron chi connectivity index (χ0n) is 21.6. The van der Waals surface area contributed by atoms with E-state index in [1.807, 2.05) is 53.4 Å². The third kappa shape index (κ3) is 5.77. The second-order valence-corrected chi connectivity index (χ2v) is 9.41. The van der Waals surface area contributed by atoms with Crippen LogP contribution in [0.5, 0.6) is 23.1 Å². The second-order valence-electron chi connectivity index (χ2n) is 9.41. The van der Waals surface area contributed by atoms with E-state index in [9.17, 15) is 4.79 Å². The molecule has 2 aromatic carbocycles. The van der Waals surface area contributed by atoms with Crippen molar-refractivity contribution in [3.8, 4) is 23.1 Å². The molecular formula is C28H33N5O4. The Kier molecular flexibility index (Phi) is 7.41. The summed E-state index contributed by atoms with van der Waals surface area (Å²) in [6, 6.07) is 15.0. The number of anilines is 1. The van der Waals surface area contributed by atoms with Crippen molar-refractivity contribution in [1.29, 1.82) is 0 Å². The van der Waals surface area contributed by atoms with Crippen LogP contribution < -0.4 is 19.1 Å². The summed E-state index contributed by atoms with van der Waals surface area (Å²) < 4.78 is 16.8. The van der Waals surface area contributed by atoms with Crippen LogP contribution >= 0.6 is 0 Å². The zero-order chi connectivity index (χ0) is 25.8. The van der Waals surface area contributed by atoms with Gasteiger partial charge in [0.2, 0.25) is 17.7 Å². The van der Waals surface area contributed by atoms with Crippen LogP contribution in [0.3, 0.4) is 0 Å². The van der Waals surface area contributed by atoms with Gasteiger partial charge in [0.1, 0.15) is 17.2 Å². The molecule has 1 aromatic heterocycles. The minimum absolute atomic E-state index is 0.0642. The molecule has 9 nitrogen and oxygen atoms in total. The third-order valence-corrected chi connectivity index (χ3v) is 6.94. The first-order chi connectivity index (χ1) is 18.0. The van der Waals surface area contributed by atoms with Crippen molar-refractivity contribution in [3.05, 3.63) is 65.4 Å². The SMILES string of the molecule is COc1ccc(CC(=O)N2CCc3nc(N4CCN(C)CC4)nc(Oc4ccc(OC)cc4)c3C2)cc1. The fraction of sp³-hybridized carbons (Fsp3) is 0.393. The van der Waals surface area contributed by atoms with Gasteiger partial charge < -0.3 is 28.9 Å². The Hall–Kier alpha value is -3.85. The van der Waals surface area contributed by atoms with E-state index in [1.54, 1.807) is 14.2 Å². The second kappa shape index (κ2) is 11.0. The minimum Gasteiger partial charge on any atom is -0.497 e. The van der Waals surface area contributed by atoms with E-state index in [0.29, 0.717) is 43.5 Å². The van der Waals surface area contributed by atoms with Crippen molar-refractivity contribution in [3.63, 3.8) is 0 Å². The highest BCUT2D eigenvalue weighted by atomic mass is 16.5. The van der Waals surface area contributed by atoms with Crippen LogP contribution in [0.15, 0.2) is 48.5 Å². The molecule has 0 unspecified atom stereocenters. The summed E-state index contributed by atoms with van der Waals surface area (Å²) >= 11 is 0. The first kappa shape index (κ1) is 24.8. The molecule has 194 valence electrons. The molecule has 2 aliphatic heterocycles. The van der Waals surface area contributed by atoms with Crippen LogP contribution in [-0.4, -0.2) is 79.7 Å². The smallest absolute Gasteiger partial charge is 0.229 e. The monoisotopic (exact) mass is 503 g/mol. The topological polar surface area (TPSA) is 80.3 Å². The number of ether oxygens (including phenoxy) is 3. The highest BCUT2D eigenvalue weighted by Gasteiger charge is 2.28. The number of hydrogen-bond acceptors (Lipinski definition) is 8. The average molecular weight is 504 g/mol.